The van der Waals surface area contributed by atoms with Crippen molar-refractivity contribution in [2.75, 3.05) is 5.32 Å². The Bertz CT molecular complexity index is 1050. The van der Waals surface area contributed by atoms with Gasteiger partial charge in [-0.05, 0) is 55.3 Å². The van der Waals surface area contributed by atoms with Gasteiger partial charge in [0.1, 0.15) is 17.9 Å². The fourth-order valence-corrected chi connectivity index (χ4v) is 2.83. The zero-order valence-electron chi connectivity index (χ0n) is 15.5. The fraction of sp³-hybridized carbons (Fsp3) is 0.150. The molecule has 3 N–H and O–H groups in total. The predicted octanol–water partition coefficient (Wildman–Crippen LogP) is 4.50. The molecule has 150 valence electrons. The molecule has 1 heterocycles. The number of ether oxygens (including phenoxy) is 1. The first-order valence-electron chi connectivity index (χ1n) is 8.49. The molecule has 0 bridgehead atoms. The lowest BCUT2D eigenvalue weighted by atomic mass is 9.96. The molecule has 29 heavy (non-hydrogen) atoms. The molecule has 0 aliphatic carbocycles. The van der Waals surface area contributed by atoms with Crippen molar-refractivity contribution in [3.63, 3.8) is 0 Å². The Morgan fingerprint density at radius 1 is 1.03 bits per heavy atom. The maximum atomic E-state index is 12.2. The van der Waals surface area contributed by atoms with Crippen LogP contribution < -0.4 is 15.8 Å². The van der Waals surface area contributed by atoms with Crippen LogP contribution in [0.1, 0.15) is 21.5 Å². The van der Waals surface area contributed by atoms with Crippen molar-refractivity contribution < 1.29 is 22.7 Å². The van der Waals surface area contributed by atoms with E-state index in [1.165, 1.54) is 30.6 Å². The summed E-state index contributed by atoms with van der Waals surface area (Å²) < 4.78 is 40.6. The number of nitrogens with zero attached hydrogens (tertiary/aromatic N) is 2. The lowest BCUT2D eigenvalue weighted by molar-refractivity contribution is -0.274. The molecule has 9 heteroatoms. The SMILES string of the molecule is Cc1c(C(N)=O)ccc(-c2cc(Nc3ccc(OC(F)(F)F)cc3)ncn2)c1C. The number of nitrogens with one attached hydrogen (secondary N) is 1. The number of anilines is 2. The monoisotopic (exact) mass is 402 g/mol. The molecule has 1 amide bonds. The van der Waals surface area contributed by atoms with E-state index < -0.39 is 12.3 Å². The van der Waals surface area contributed by atoms with E-state index in [-0.39, 0.29) is 5.75 Å². The molecule has 0 spiro atoms. The summed E-state index contributed by atoms with van der Waals surface area (Å²) in [4.78, 5) is 19.9. The van der Waals surface area contributed by atoms with Crippen molar-refractivity contribution in [2.45, 2.75) is 20.2 Å². The lowest BCUT2D eigenvalue weighted by Crippen LogP contribution is -2.16. The fourth-order valence-electron chi connectivity index (χ4n) is 2.83. The maximum absolute atomic E-state index is 12.2. The molecule has 6 nitrogen and oxygen atoms in total. The molecule has 0 fully saturated rings. The topological polar surface area (TPSA) is 90.1 Å². The van der Waals surface area contributed by atoms with E-state index in [9.17, 15) is 18.0 Å². The number of alkyl halides is 3. The lowest BCUT2D eigenvalue weighted by Gasteiger charge is -2.13. The Morgan fingerprint density at radius 2 is 1.72 bits per heavy atom. The van der Waals surface area contributed by atoms with Crippen LogP contribution in [-0.2, 0) is 0 Å². The Labute approximate surface area is 164 Å². The van der Waals surface area contributed by atoms with Crippen LogP contribution in [0.4, 0.5) is 24.7 Å². The molecule has 0 radical (unpaired) electrons. The number of halogens is 3. The normalized spacial score (nSPS) is 11.2. The van der Waals surface area contributed by atoms with Crippen LogP contribution in [0.25, 0.3) is 11.3 Å². The van der Waals surface area contributed by atoms with Crippen molar-refractivity contribution in [2.24, 2.45) is 5.73 Å². The minimum absolute atomic E-state index is 0.313. The summed E-state index contributed by atoms with van der Waals surface area (Å²) in [6, 6.07) is 10.4. The average molecular weight is 402 g/mol. The highest BCUT2D eigenvalue weighted by Crippen LogP contribution is 2.29. The first-order valence-corrected chi connectivity index (χ1v) is 8.49. The average Bonchev–Trinajstić information content (AvgIpc) is 2.64. The Hall–Kier alpha value is -3.62. The van der Waals surface area contributed by atoms with Crippen LogP contribution in [0.2, 0.25) is 0 Å². The third-order valence-electron chi connectivity index (χ3n) is 4.36. The molecule has 0 aliphatic rings. The Balaban J connectivity index is 1.84. The summed E-state index contributed by atoms with van der Waals surface area (Å²) in [6.45, 7) is 3.68. The highest BCUT2D eigenvalue weighted by atomic mass is 19.4. The van der Waals surface area contributed by atoms with Crippen LogP contribution >= 0.6 is 0 Å². The second kappa shape index (κ2) is 7.78. The molecular weight excluding hydrogens is 385 g/mol. The first kappa shape index (κ1) is 20.1. The Morgan fingerprint density at radius 3 is 2.34 bits per heavy atom. The van der Waals surface area contributed by atoms with Gasteiger partial charge >= 0.3 is 6.36 Å². The number of amides is 1. The quantitative estimate of drug-likeness (QED) is 0.656. The van der Waals surface area contributed by atoms with E-state index in [0.29, 0.717) is 22.8 Å². The van der Waals surface area contributed by atoms with E-state index in [4.69, 9.17) is 5.73 Å². The van der Waals surface area contributed by atoms with Gasteiger partial charge in [-0.2, -0.15) is 0 Å². The third-order valence-corrected chi connectivity index (χ3v) is 4.36. The molecule has 0 unspecified atom stereocenters. The van der Waals surface area contributed by atoms with Gasteiger partial charge in [0.2, 0.25) is 5.91 Å². The highest BCUT2D eigenvalue weighted by molar-refractivity contribution is 5.95. The second-order valence-corrected chi connectivity index (χ2v) is 6.26. The van der Waals surface area contributed by atoms with E-state index >= 15 is 0 Å². The number of carbonyl (C=O) groups is 1. The standard InChI is InChI=1S/C20H17F3N4O2/c1-11-12(2)16(19(24)28)8-7-15(11)17-9-18(26-10-25-17)27-13-3-5-14(6-4-13)29-20(21,22)23/h3-10H,1-2H3,(H2,24,28)(H,25,26,27). The summed E-state index contributed by atoms with van der Waals surface area (Å²) in [5, 5.41) is 3.01. The largest absolute Gasteiger partial charge is 0.573 e. The summed E-state index contributed by atoms with van der Waals surface area (Å²) in [5.74, 6) is -0.359. The minimum atomic E-state index is -4.74. The summed E-state index contributed by atoms with van der Waals surface area (Å²) in [7, 11) is 0. The van der Waals surface area contributed by atoms with Gasteiger partial charge in [0.25, 0.3) is 0 Å². The van der Waals surface area contributed by atoms with Crippen molar-refractivity contribution >= 4 is 17.4 Å². The molecule has 0 atom stereocenters. The summed E-state index contributed by atoms with van der Waals surface area (Å²) >= 11 is 0. The van der Waals surface area contributed by atoms with Crippen LogP contribution in [0.5, 0.6) is 5.75 Å². The van der Waals surface area contributed by atoms with Gasteiger partial charge in [-0.1, -0.05) is 6.07 Å². The number of aromatic nitrogens is 2. The van der Waals surface area contributed by atoms with E-state index in [2.05, 4.69) is 20.0 Å². The van der Waals surface area contributed by atoms with Crippen molar-refractivity contribution in [3.8, 4) is 17.0 Å². The van der Waals surface area contributed by atoms with Gasteiger partial charge in [-0.3, -0.25) is 4.79 Å². The van der Waals surface area contributed by atoms with Crippen LogP contribution in [0.15, 0.2) is 48.8 Å². The van der Waals surface area contributed by atoms with Crippen LogP contribution in [0, 0.1) is 13.8 Å². The van der Waals surface area contributed by atoms with Gasteiger partial charge in [-0.15, -0.1) is 13.2 Å². The zero-order valence-corrected chi connectivity index (χ0v) is 15.5. The summed E-state index contributed by atoms with van der Waals surface area (Å²) in [5.41, 5.74) is 9.42. The second-order valence-electron chi connectivity index (χ2n) is 6.26. The summed E-state index contributed by atoms with van der Waals surface area (Å²) in [6.07, 6.45) is -3.37. The van der Waals surface area contributed by atoms with E-state index in [1.807, 2.05) is 13.8 Å². The number of benzene rings is 2. The van der Waals surface area contributed by atoms with Crippen LogP contribution in [0.3, 0.4) is 0 Å². The van der Waals surface area contributed by atoms with E-state index in [1.54, 1.807) is 18.2 Å². The molecular formula is C20H17F3N4O2. The third kappa shape index (κ3) is 4.81. The number of primary amides is 1. The number of carbonyl (C=O) groups excluding carboxylic acids is 1. The number of nitrogens with two attached hydrogens (primary N) is 1. The smallest absolute Gasteiger partial charge is 0.406 e. The molecule has 3 rings (SSSR count). The number of hydrogen-bond acceptors (Lipinski definition) is 5. The molecule has 3 aromatic rings. The van der Waals surface area contributed by atoms with Crippen LogP contribution in [-0.4, -0.2) is 22.2 Å². The van der Waals surface area contributed by atoms with Gasteiger partial charge in [0, 0.05) is 22.9 Å². The molecule has 2 aromatic carbocycles. The highest BCUT2D eigenvalue weighted by Gasteiger charge is 2.30. The van der Waals surface area contributed by atoms with Gasteiger partial charge in [0.15, 0.2) is 0 Å². The first-order chi connectivity index (χ1) is 13.6. The van der Waals surface area contributed by atoms with Gasteiger partial charge < -0.3 is 15.8 Å². The number of hydrogen-bond donors (Lipinski definition) is 2. The zero-order chi connectivity index (χ0) is 21.2. The van der Waals surface area contributed by atoms with Crippen molar-refractivity contribution in [1.29, 1.82) is 0 Å². The minimum Gasteiger partial charge on any atom is -0.406 e. The van der Waals surface area contributed by atoms with Crippen molar-refractivity contribution in [1.82, 2.24) is 9.97 Å². The number of rotatable bonds is 5. The van der Waals surface area contributed by atoms with Crippen molar-refractivity contribution in [3.05, 3.63) is 65.5 Å². The molecule has 0 saturated heterocycles. The van der Waals surface area contributed by atoms with Gasteiger partial charge in [0.05, 0.1) is 5.69 Å². The maximum Gasteiger partial charge on any atom is 0.573 e. The predicted molar refractivity (Wildman–Crippen MR) is 102 cm³/mol. The molecule has 1 aromatic heterocycles. The molecule has 0 aliphatic heterocycles. The Kier molecular flexibility index (Phi) is 5.40. The molecule has 0 saturated carbocycles. The van der Waals surface area contributed by atoms with E-state index in [0.717, 1.165) is 16.7 Å². The van der Waals surface area contributed by atoms with Gasteiger partial charge in [-0.25, -0.2) is 9.97 Å².